The Bertz CT molecular complexity index is 712. The molecule has 1 amide bonds. The van der Waals surface area contributed by atoms with Gasteiger partial charge >= 0.3 is 0 Å². The van der Waals surface area contributed by atoms with E-state index in [1.54, 1.807) is 4.90 Å². The third-order valence-electron chi connectivity index (χ3n) is 3.79. The molecule has 126 valence electrons. The Morgan fingerprint density at radius 3 is 2.50 bits per heavy atom. The number of amides is 1. The molecule has 5 nitrogen and oxygen atoms in total. The van der Waals surface area contributed by atoms with Crippen LogP contribution in [0.3, 0.4) is 0 Å². The molecule has 0 fully saturated rings. The normalized spacial score (nSPS) is 13.8. The highest BCUT2D eigenvalue weighted by molar-refractivity contribution is 5.95. The maximum Gasteiger partial charge on any atom is 0.265 e. The maximum absolute atomic E-state index is 12.5. The Morgan fingerprint density at radius 1 is 1.04 bits per heavy atom. The third-order valence-corrected chi connectivity index (χ3v) is 3.79. The second-order valence-corrected chi connectivity index (χ2v) is 5.37. The van der Waals surface area contributed by atoms with Gasteiger partial charge < -0.3 is 19.1 Å². The first-order chi connectivity index (χ1) is 11.7. The molecule has 0 aromatic heterocycles. The third kappa shape index (κ3) is 3.30. The molecule has 1 aliphatic heterocycles. The van der Waals surface area contributed by atoms with Crippen LogP contribution in [-0.2, 0) is 11.3 Å². The summed E-state index contributed by atoms with van der Waals surface area (Å²) in [6.45, 7) is 5.47. The van der Waals surface area contributed by atoms with Crippen molar-refractivity contribution in [1.82, 2.24) is 0 Å². The summed E-state index contributed by atoms with van der Waals surface area (Å²) in [6, 6.07) is 13.3. The smallest absolute Gasteiger partial charge is 0.265 e. The van der Waals surface area contributed by atoms with Gasteiger partial charge in [-0.2, -0.15) is 0 Å². The van der Waals surface area contributed by atoms with Gasteiger partial charge in [0.1, 0.15) is 5.75 Å². The second kappa shape index (κ2) is 7.25. The highest BCUT2D eigenvalue weighted by Crippen LogP contribution is 2.35. The van der Waals surface area contributed by atoms with Crippen molar-refractivity contribution >= 4 is 11.6 Å². The fraction of sp³-hybridized carbons (Fsp3) is 0.316. The molecular formula is C19H21NO4. The first-order valence-corrected chi connectivity index (χ1v) is 8.13. The number of anilines is 1. The number of hydrogen-bond acceptors (Lipinski definition) is 4. The number of hydrogen-bond donors (Lipinski definition) is 0. The maximum atomic E-state index is 12.5. The summed E-state index contributed by atoms with van der Waals surface area (Å²) >= 11 is 0. The van der Waals surface area contributed by atoms with Gasteiger partial charge in [-0.05, 0) is 44.2 Å². The summed E-state index contributed by atoms with van der Waals surface area (Å²) in [7, 11) is 0. The van der Waals surface area contributed by atoms with Crippen LogP contribution in [0, 0.1) is 0 Å². The average Bonchev–Trinajstić information content (AvgIpc) is 2.76. The molecule has 24 heavy (non-hydrogen) atoms. The summed E-state index contributed by atoms with van der Waals surface area (Å²) in [4.78, 5) is 14.2. The van der Waals surface area contributed by atoms with Crippen molar-refractivity contribution in [3.8, 4) is 17.2 Å². The number of ether oxygens (including phenoxy) is 3. The molecule has 0 saturated carbocycles. The predicted molar refractivity (Wildman–Crippen MR) is 91.9 cm³/mol. The van der Waals surface area contributed by atoms with Crippen molar-refractivity contribution in [2.24, 2.45) is 0 Å². The zero-order valence-electron chi connectivity index (χ0n) is 14.0. The van der Waals surface area contributed by atoms with Gasteiger partial charge in [-0.1, -0.05) is 12.1 Å². The zero-order valence-corrected chi connectivity index (χ0v) is 14.0. The Kier molecular flexibility index (Phi) is 4.89. The number of benzene rings is 2. The van der Waals surface area contributed by atoms with Gasteiger partial charge in [0.15, 0.2) is 18.1 Å². The van der Waals surface area contributed by atoms with Crippen LogP contribution >= 0.6 is 0 Å². The first kappa shape index (κ1) is 16.2. The summed E-state index contributed by atoms with van der Waals surface area (Å²) in [5, 5.41) is 0. The summed E-state index contributed by atoms with van der Waals surface area (Å²) in [5.41, 5.74) is 1.75. The molecule has 0 spiro atoms. The molecule has 0 unspecified atom stereocenters. The number of fused-ring (bicyclic) bond motifs is 1. The Morgan fingerprint density at radius 2 is 1.79 bits per heavy atom. The van der Waals surface area contributed by atoms with Crippen molar-refractivity contribution in [2.45, 2.75) is 20.4 Å². The van der Waals surface area contributed by atoms with Crippen LogP contribution in [0.5, 0.6) is 17.2 Å². The monoisotopic (exact) mass is 327 g/mol. The average molecular weight is 327 g/mol. The van der Waals surface area contributed by atoms with E-state index in [1.165, 1.54) is 0 Å². The largest absolute Gasteiger partial charge is 0.494 e. The molecule has 0 aliphatic carbocycles. The van der Waals surface area contributed by atoms with E-state index in [0.29, 0.717) is 31.3 Å². The number of carbonyl (C=O) groups is 1. The highest BCUT2D eigenvalue weighted by atomic mass is 16.5. The van der Waals surface area contributed by atoms with E-state index < -0.39 is 0 Å². The highest BCUT2D eigenvalue weighted by Gasteiger charge is 2.25. The van der Waals surface area contributed by atoms with E-state index in [4.69, 9.17) is 14.2 Å². The molecule has 3 rings (SSSR count). The van der Waals surface area contributed by atoms with E-state index >= 15 is 0 Å². The summed E-state index contributed by atoms with van der Waals surface area (Å²) < 4.78 is 16.8. The van der Waals surface area contributed by atoms with E-state index in [2.05, 4.69) is 0 Å². The molecular weight excluding hydrogens is 306 g/mol. The standard InChI is InChI=1S/C19H21NO4/c1-3-22-16-10-8-15(9-11-16)20-12-14-6-5-7-17(23-4-2)19(14)24-13-18(20)21/h5-11H,3-4,12-13H2,1-2H3. The van der Waals surface area contributed by atoms with Crippen molar-refractivity contribution in [3.05, 3.63) is 48.0 Å². The quantitative estimate of drug-likeness (QED) is 0.844. The minimum Gasteiger partial charge on any atom is -0.494 e. The molecule has 5 heteroatoms. The lowest BCUT2D eigenvalue weighted by Crippen LogP contribution is -2.32. The van der Waals surface area contributed by atoms with Gasteiger partial charge in [0, 0.05) is 11.3 Å². The van der Waals surface area contributed by atoms with Crippen LogP contribution in [0.4, 0.5) is 5.69 Å². The fourth-order valence-electron chi connectivity index (χ4n) is 2.71. The van der Waals surface area contributed by atoms with Crippen molar-refractivity contribution in [1.29, 1.82) is 0 Å². The number of rotatable bonds is 5. The van der Waals surface area contributed by atoms with Gasteiger partial charge in [-0.3, -0.25) is 4.79 Å². The van der Waals surface area contributed by atoms with Gasteiger partial charge in [0.05, 0.1) is 19.8 Å². The zero-order chi connectivity index (χ0) is 16.9. The second-order valence-electron chi connectivity index (χ2n) is 5.37. The van der Waals surface area contributed by atoms with E-state index in [-0.39, 0.29) is 12.5 Å². The molecule has 0 atom stereocenters. The molecule has 1 aliphatic rings. The van der Waals surface area contributed by atoms with Crippen LogP contribution < -0.4 is 19.1 Å². The van der Waals surface area contributed by atoms with Gasteiger partial charge in [-0.25, -0.2) is 0 Å². The topological polar surface area (TPSA) is 48.0 Å². The van der Waals surface area contributed by atoms with Crippen molar-refractivity contribution < 1.29 is 19.0 Å². The van der Waals surface area contributed by atoms with Crippen molar-refractivity contribution in [2.75, 3.05) is 24.7 Å². The SMILES string of the molecule is CCOc1ccc(N2Cc3cccc(OCC)c3OCC2=O)cc1. The predicted octanol–water partition coefficient (Wildman–Crippen LogP) is 3.41. The van der Waals surface area contributed by atoms with Crippen molar-refractivity contribution in [3.63, 3.8) is 0 Å². The molecule has 0 saturated heterocycles. The number of para-hydroxylation sites is 1. The molecule has 0 radical (unpaired) electrons. The van der Waals surface area contributed by atoms with E-state index in [9.17, 15) is 4.79 Å². The van der Waals surface area contributed by atoms with Gasteiger partial charge in [-0.15, -0.1) is 0 Å². The number of nitrogens with zero attached hydrogens (tertiary/aromatic N) is 1. The fourth-order valence-corrected chi connectivity index (χ4v) is 2.71. The molecule has 2 aromatic rings. The minimum absolute atomic E-state index is 0.00962. The van der Waals surface area contributed by atoms with Gasteiger partial charge in [0.25, 0.3) is 5.91 Å². The molecule has 1 heterocycles. The van der Waals surface area contributed by atoms with Crippen LogP contribution in [-0.4, -0.2) is 25.7 Å². The lowest BCUT2D eigenvalue weighted by molar-refractivity contribution is -0.120. The number of carbonyl (C=O) groups excluding carboxylic acids is 1. The van der Waals surface area contributed by atoms with E-state index in [0.717, 1.165) is 17.0 Å². The molecule has 0 bridgehead atoms. The van der Waals surface area contributed by atoms with E-state index in [1.807, 2.05) is 56.3 Å². The molecule has 0 N–H and O–H groups in total. The lowest BCUT2D eigenvalue weighted by Gasteiger charge is -2.20. The van der Waals surface area contributed by atoms with Crippen LogP contribution in [0.1, 0.15) is 19.4 Å². The Labute approximate surface area is 141 Å². The van der Waals surface area contributed by atoms with Crippen LogP contribution in [0.25, 0.3) is 0 Å². The minimum atomic E-state index is -0.0854. The summed E-state index contributed by atoms with van der Waals surface area (Å²) in [6.07, 6.45) is 0. The Balaban J connectivity index is 1.89. The Hall–Kier alpha value is -2.69. The van der Waals surface area contributed by atoms with Gasteiger partial charge in [0.2, 0.25) is 0 Å². The summed E-state index contributed by atoms with van der Waals surface area (Å²) in [5.74, 6) is 2.04. The first-order valence-electron chi connectivity index (χ1n) is 8.13. The lowest BCUT2D eigenvalue weighted by atomic mass is 10.1. The van der Waals surface area contributed by atoms with Crippen LogP contribution in [0.2, 0.25) is 0 Å². The van der Waals surface area contributed by atoms with Crippen LogP contribution in [0.15, 0.2) is 42.5 Å². The molecule has 2 aromatic carbocycles.